The van der Waals surface area contributed by atoms with E-state index >= 15 is 0 Å². The van der Waals surface area contributed by atoms with Crippen molar-refractivity contribution in [3.8, 4) is 17.3 Å². The number of carbonyl (C=O) groups excluding carboxylic acids is 3. The van der Waals surface area contributed by atoms with E-state index in [1.807, 2.05) is 0 Å². The van der Waals surface area contributed by atoms with Crippen LogP contribution in [0.3, 0.4) is 0 Å². The van der Waals surface area contributed by atoms with Gasteiger partial charge in [0.25, 0.3) is 11.5 Å². The van der Waals surface area contributed by atoms with E-state index in [1.54, 1.807) is 42.3 Å². The van der Waals surface area contributed by atoms with E-state index in [2.05, 4.69) is 25.7 Å². The number of aromatic nitrogens is 4. The largest absolute Gasteiger partial charge is 0.490 e. The lowest BCUT2D eigenvalue weighted by Gasteiger charge is -2.15. The number of likely N-dealkylation sites (tertiary alicyclic amines) is 1. The van der Waals surface area contributed by atoms with Gasteiger partial charge in [0.05, 0.1) is 125 Å². The van der Waals surface area contributed by atoms with Crippen molar-refractivity contribution in [2.24, 2.45) is 7.05 Å². The summed E-state index contributed by atoms with van der Waals surface area (Å²) in [5.41, 5.74) is 1.89. The quantitative estimate of drug-likeness (QED) is 0.0560. The minimum atomic E-state index is -0.483. The molecule has 1 aliphatic heterocycles. The first kappa shape index (κ1) is 50.6. The number of hydrogen-bond acceptors (Lipinski definition) is 18. The smallest absolute Gasteiger partial charge is 0.274 e. The number of nitrogens with zero attached hydrogens (tertiary/aromatic N) is 5. The molecule has 3 N–H and O–H groups in total. The predicted molar refractivity (Wildman–Crippen MR) is 232 cm³/mol. The number of aryl methyl sites for hydroxylation is 1. The Bertz CT molecular complexity index is 2080. The Morgan fingerprint density at radius 2 is 1.34 bits per heavy atom. The van der Waals surface area contributed by atoms with Crippen LogP contribution in [0.15, 0.2) is 57.9 Å². The van der Waals surface area contributed by atoms with Gasteiger partial charge in [-0.15, -0.1) is 0 Å². The van der Waals surface area contributed by atoms with E-state index < -0.39 is 12.0 Å². The molecule has 5 rings (SSSR count). The molecule has 356 valence electrons. The maximum absolute atomic E-state index is 12.8. The van der Waals surface area contributed by atoms with E-state index in [0.29, 0.717) is 153 Å². The summed E-state index contributed by atoms with van der Waals surface area (Å²) in [6, 6.07) is 11.2. The number of carbonyl (C=O) groups is 3. The fourth-order valence-electron chi connectivity index (χ4n) is 5.89. The molecular formula is C43H59N7O15. The summed E-state index contributed by atoms with van der Waals surface area (Å²) in [6.45, 7) is 7.48. The molecule has 1 atom stereocenters. The predicted octanol–water partition coefficient (Wildman–Crippen LogP) is 0.847. The summed E-state index contributed by atoms with van der Waals surface area (Å²) in [5.74, 6) is -0.121. The third kappa shape index (κ3) is 19.3. The molecule has 4 heterocycles. The first-order valence-corrected chi connectivity index (χ1v) is 21.4. The summed E-state index contributed by atoms with van der Waals surface area (Å²) < 4.78 is 56.5. The number of rotatable bonds is 33. The number of ether oxygens (including phenoxy) is 9. The van der Waals surface area contributed by atoms with Gasteiger partial charge in [-0.1, -0.05) is 0 Å². The van der Waals surface area contributed by atoms with Crippen LogP contribution in [-0.4, -0.2) is 186 Å². The molecule has 1 fully saturated rings. The minimum Gasteiger partial charge on any atom is -0.490 e. The Morgan fingerprint density at radius 3 is 1.88 bits per heavy atom. The Morgan fingerprint density at radius 1 is 0.754 bits per heavy atom. The fourth-order valence-corrected chi connectivity index (χ4v) is 5.89. The molecule has 3 aromatic heterocycles. The second kappa shape index (κ2) is 29.2. The molecule has 0 radical (unpaired) electrons. The van der Waals surface area contributed by atoms with Gasteiger partial charge in [0.15, 0.2) is 5.58 Å². The highest BCUT2D eigenvalue weighted by molar-refractivity contribution is 6.03. The maximum atomic E-state index is 12.8. The molecule has 0 spiro atoms. The molecule has 0 aliphatic carbocycles. The van der Waals surface area contributed by atoms with Crippen LogP contribution in [0, 0.1) is 0 Å². The topological polar surface area (TPSA) is 256 Å². The third-order valence-corrected chi connectivity index (χ3v) is 9.32. The molecule has 0 saturated carbocycles. The van der Waals surface area contributed by atoms with Gasteiger partial charge in [-0.25, -0.2) is 14.6 Å². The van der Waals surface area contributed by atoms with Crippen molar-refractivity contribution < 1.29 is 66.5 Å². The van der Waals surface area contributed by atoms with Crippen LogP contribution in [0.4, 0.5) is 5.69 Å². The molecule has 1 aliphatic rings. The number of aliphatic hydroxyl groups excluding tert-OH is 1. The maximum Gasteiger partial charge on any atom is 0.274 e. The van der Waals surface area contributed by atoms with Crippen LogP contribution < -0.4 is 20.9 Å². The Hall–Kier alpha value is -5.43. The summed E-state index contributed by atoms with van der Waals surface area (Å²) in [5, 5.41) is 19.0. The van der Waals surface area contributed by atoms with E-state index in [9.17, 15) is 24.3 Å². The van der Waals surface area contributed by atoms with Crippen LogP contribution in [-0.2, 0) is 54.5 Å². The Kier molecular flexibility index (Phi) is 22.7. The summed E-state index contributed by atoms with van der Waals surface area (Å²) in [4.78, 5) is 58.5. The van der Waals surface area contributed by atoms with E-state index in [4.69, 9.17) is 47.0 Å². The van der Waals surface area contributed by atoms with Gasteiger partial charge in [-0.3, -0.25) is 19.2 Å². The normalized spacial score (nSPS) is 13.7. The lowest BCUT2D eigenvalue weighted by Crippen LogP contribution is -2.39. The van der Waals surface area contributed by atoms with Crippen LogP contribution in [0.2, 0.25) is 0 Å². The molecule has 65 heavy (non-hydrogen) atoms. The Labute approximate surface area is 375 Å². The van der Waals surface area contributed by atoms with Crippen LogP contribution >= 0.6 is 0 Å². The van der Waals surface area contributed by atoms with Crippen molar-refractivity contribution >= 4 is 34.5 Å². The lowest BCUT2D eigenvalue weighted by molar-refractivity contribution is -0.132. The Balaban J connectivity index is 0.736. The van der Waals surface area contributed by atoms with Gasteiger partial charge >= 0.3 is 0 Å². The van der Waals surface area contributed by atoms with Crippen molar-refractivity contribution in [3.63, 3.8) is 0 Å². The van der Waals surface area contributed by atoms with Crippen molar-refractivity contribution in [1.82, 2.24) is 30.0 Å². The fraction of sp³-hybridized carbons (Fsp3) is 0.558. The van der Waals surface area contributed by atoms with Gasteiger partial charge in [0.1, 0.15) is 29.3 Å². The number of anilines is 1. The number of aliphatic hydroxyl groups is 1. The summed E-state index contributed by atoms with van der Waals surface area (Å²) in [6.07, 6.45) is 1.70. The van der Waals surface area contributed by atoms with Crippen molar-refractivity contribution in [3.05, 3.63) is 64.7 Å². The highest BCUT2D eigenvalue weighted by atomic mass is 16.6. The molecule has 3 amide bonds. The molecule has 1 saturated heterocycles. The lowest BCUT2D eigenvalue weighted by atomic mass is 10.2. The van der Waals surface area contributed by atoms with Gasteiger partial charge in [-0.05, 0) is 42.8 Å². The van der Waals surface area contributed by atoms with Crippen molar-refractivity contribution in [2.45, 2.75) is 18.9 Å². The molecule has 0 unspecified atom stereocenters. The zero-order valence-corrected chi connectivity index (χ0v) is 36.7. The second-order valence-electron chi connectivity index (χ2n) is 14.3. The molecule has 22 heteroatoms. The number of fused-ring (bicyclic) bond motifs is 1. The van der Waals surface area contributed by atoms with Gasteiger partial charge in [0.2, 0.25) is 17.7 Å². The molecular weight excluding hydrogens is 855 g/mol. The van der Waals surface area contributed by atoms with Crippen LogP contribution in [0.25, 0.3) is 22.7 Å². The van der Waals surface area contributed by atoms with E-state index in [-0.39, 0.29) is 48.5 Å². The number of oxazole rings is 1. The molecule has 4 aromatic rings. The average Bonchev–Trinajstić information content (AvgIpc) is 3.95. The monoisotopic (exact) mass is 913 g/mol. The van der Waals surface area contributed by atoms with Gasteiger partial charge < -0.3 is 67.7 Å². The molecule has 0 bridgehead atoms. The minimum absolute atomic E-state index is 0.0776. The van der Waals surface area contributed by atoms with Crippen molar-refractivity contribution in [1.29, 1.82) is 0 Å². The number of β-amino-alcohol motifs (C(OH)–C–C–N with tert-alkyl or cyclic N) is 1. The zero-order chi connectivity index (χ0) is 45.9. The summed E-state index contributed by atoms with van der Waals surface area (Å²) in [7, 11) is 1.54. The first-order chi connectivity index (χ1) is 31.7. The number of amides is 3. The van der Waals surface area contributed by atoms with Gasteiger partial charge in [-0.2, -0.15) is 5.10 Å². The van der Waals surface area contributed by atoms with E-state index in [1.165, 1.54) is 23.0 Å². The van der Waals surface area contributed by atoms with Crippen LogP contribution in [0.5, 0.6) is 5.75 Å². The first-order valence-electron chi connectivity index (χ1n) is 21.4. The van der Waals surface area contributed by atoms with Crippen molar-refractivity contribution in [2.75, 3.05) is 137 Å². The highest BCUT2D eigenvalue weighted by Gasteiger charge is 2.24. The summed E-state index contributed by atoms with van der Waals surface area (Å²) >= 11 is 0. The zero-order valence-electron chi connectivity index (χ0n) is 36.7. The highest BCUT2D eigenvalue weighted by Crippen LogP contribution is 2.25. The molecule has 1 aromatic carbocycles. The standard InChI is InChI=1S/C43H59N7O15/c1-49-40(53)7-5-36(48-49)43-47-37-28-32(2-6-38(37)65-43)46-42(55)35-4-3-34(29-44-35)64-27-26-63-25-24-62-23-22-61-21-20-60-19-18-59-17-16-58-15-14-57-13-12-56-11-9-39(52)45-30-41(54)50-10-8-33(51)31-50/h2-7,28-29,33,51H,8-27,30-31H2,1H3,(H,45,52)(H,46,55)/t33-/m1/s1. The third-order valence-electron chi connectivity index (χ3n) is 9.32. The average molecular weight is 914 g/mol. The number of hydrogen-bond donors (Lipinski definition) is 3. The van der Waals surface area contributed by atoms with E-state index in [0.717, 1.165) is 0 Å². The second-order valence-corrected chi connectivity index (χ2v) is 14.3. The molecule has 22 nitrogen and oxygen atoms in total. The van der Waals surface area contributed by atoms with Gasteiger partial charge in [0, 0.05) is 38.3 Å². The number of pyridine rings is 1. The van der Waals surface area contributed by atoms with Crippen LogP contribution in [0.1, 0.15) is 23.3 Å². The number of nitrogens with one attached hydrogen (secondary N) is 2. The number of benzene rings is 1. The SMILES string of the molecule is Cn1nc(-c2nc3cc(NC(=O)c4ccc(OCCOCCOCCOCCOCCOCCOCCOCCOCCC(=O)NCC(=O)N5CC[C@@H](O)C5)cn4)ccc3o2)ccc1=O.